The molecule has 0 fully saturated rings. The zero-order valence-corrected chi connectivity index (χ0v) is 5.87. The first-order valence-corrected chi connectivity index (χ1v) is 3.17. The van der Waals surface area contributed by atoms with E-state index in [9.17, 15) is 4.91 Å². The molecule has 0 N–H and O–H groups in total. The highest BCUT2D eigenvalue weighted by Gasteiger charge is 1.89. The molecule has 1 rings (SSSR count). The van der Waals surface area contributed by atoms with E-state index >= 15 is 0 Å². The van der Waals surface area contributed by atoms with Gasteiger partial charge in [-0.1, -0.05) is 35.0 Å². The van der Waals surface area contributed by atoms with Crippen molar-refractivity contribution in [3.8, 4) is 0 Å². The predicted octanol–water partition coefficient (Wildman–Crippen LogP) is 2.26. The van der Waals surface area contributed by atoms with Crippen LogP contribution in [0.1, 0.15) is 11.1 Å². The van der Waals surface area contributed by atoms with Crippen LogP contribution in [0.25, 0.3) is 0 Å². The summed E-state index contributed by atoms with van der Waals surface area (Å²) in [5.41, 5.74) is 2.15. The van der Waals surface area contributed by atoms with Gasteiger partial charge in [-0.05, 0) is 12.5 Å². The second-order valence-corrected chi connectivity index (χ2v) is 2.28. The Hall–Kier alpha value is -1.18. The van der Waals surface area contributed by atoms with Crippen LogP contribution < -0.4 is 0 Å². The minimum absolute atomic E-state index is 0.279. The number of rotatable bonds is 2. The lowest BCUT2D eigenvalue weighted by atomic mass is 10.1. The molecule has 0 saturated heterocycles. The largest absolute Gasteiger partial charge is 0.150 e. The molecule has 2 nitrogen and oxygen atoms in total. The molecule has 0 aromatic heterocycles. The molecule has 1 aromatic carbocycles. The van der Waals surface area contributed by atoms with Crippen molar-refractivity contribution in [3.63, 3.8) is 0 Å². The van der Waals surface area contributed by atoms with Crippen molar-refractivity contribution >= 4 is 0 Å². The molecule has 10 heavy (non-hydrogen) atoms. The van der Waals surface area contributed by atoms with Gasteiger partial charge in [0.15, 0.2) is 0 Å². The second-order valence-electron chi connectivity index (χ2n) is 2.28. The fourth-order valence-electron chi connectivity index (χ4n) is 0.885. The molecule has 52 valence electrons. The van der Waals surface area contributed by atoms with Crippen LogP contribution in [0.5, 0.6) is 0 Å². The summed E-state index contributed by atoms with van der Waals surface area (Å²) in [7, 11) is 0. The summed E-state index contributed by atoms with van der Waals surface area (Å²) in [5.74, 6) is 0. The number of hydrogen-bond acceptors (Lipinski definition) is 2. The molecule has 0 bridgehead atoms. The molecule has 0 aliphatic rings. The maximum absolute atomic E-state index is 9.84. The predicted molar refractivity (Wildman–Crippen MR) is 40.7 cm³/mol. The summed E-state index contributed by atoms with van der Waals surface area (Å²) in [6.45, 7) is 2.27. The van der Waals surface area contributed by atoms with E-state index in [0.717, 1.165) is 5.56 Å². The lowest BCUT2D eigenvalue weighted by Gasteiger charge is -1.94. The van der Waals surface area contributed by atoms with Gasteiger partial charge in [0, 0.05) is 0 Å². The van der Waals surface area contributed by atoms with Gasteiger partial charge in [0.2, 0.25) is 0 Å². The van der Waals surface area contributed by atoms with E-state index < -0.39 is 0 Å². The minimum Gasteiger partial charge on any atom is -0.150 e. The lowest BCUT2D eigenvalue weighted by molar-refractivity contribution is 1.05. The topological polar surface area (TPSA) is 29.4 Å². The van der Waals surface area contributed by atoms with Crippen molar-refractivity contribution in [2.45, 2.75) is 13.5 Å². The van der Waals surface area contributed by atoms with Crippen LogP contribution >= 0.6 is 0 Å². The van der Waals surface area contributed by atoms with Gasteiger partial charge in [-0.3, -0.25) is 0 Å². The van der Waals surface area contributed by atoms with Gasteiger partial charge in [-0.2, -0.15) is 4.91 Å². The van der Waals surface area contributed by atoms with Gasteiger partial charge in [0.1, 0.15) is 6.54 Å². The molecule has 0 aliphatic carbocycles. The third kappa shape index (κ3) is 1.65. The molecular formula is C8H9NO. The molecular weight excluding hydrogens is 126 g/mol. The molecule has 0 heterocycles. The Morgan fingerprint density at radius 2 is 2.30 bits per heavy atom. The van der Waals surface area contributed by atoms with E-state index in [4.69, 9.17) is 0 Å². The monoisotopic (exact) mass is 135 g/mol. The van der Waals surface area contributed by atoms with Gasteiger partial charge >= 0.3 is 0 Å². The summed E-state index contributed by atoms with van der Waals surface area (Å²) in [4.78, 5) is 9.84. The maximum atomic E-state index is 9.84. The van der Waals surface area contributed by atoms with Crippen molar-refractivity contribution < 1.29 is 0 Å². The molecule has 0 spiro atoms. The van der Waals surface area contributed by atoms with Gasteiger partial charge in [0.05, 0.1) is 0 Å². The van der Waals surface area contributed by atoms with Crippen molar-refractivity contribution in [2.24, 2.45) is 5.18 Å². The average molecular weight is 135 g/mol. The van der Waals surface area contributed by atoms with Crippen LogP contribution in [0.15, 0.2) is 29.4 Å². The molecule has 0 unspecified atom stereocenters. The SMILES string of the molecule is Cc1cccc(CN=O)c1. The first kappa shape index (κ1) is 6.93. The van der Waals surface area contributed by atoms with E-state index in [1.165, 1.54) is 5.56 Å². The number of hydrogen-bond donors (Lipinski definition) is 0. The third-order valence-corrected chi connectivity index (χ3v) is 1.33. The molecule has 2 heteroatoms. The Morgan fingerprint density at radius 3 is 2.90 bits per heavy atom. The Balaban J connectivity index is 2.84. The number of nitroso groups, excluding NO2 is 1. The third-order valence-electron chi connectivity index (χ3n) is 1.33. The number of benzene rings is 1. The molecule has 0 saturated carbocycles. The summed E-state index contributed by atoms with van der Waals surface area (Å²) in [5, 5.41) is 2.80. The molecule has 0 radical (unpaired) electrons. The van der Waals surface area contributed by atoms with E-state index in [1.807, 2.05) is 31.2 Å². The Morgan fingerprint density at radius 1 is 1.50 bits per heavy atom. The first-order chi connectivity index (χ1) is 4.83. The summed E-state index contributed by atoms with van der Waals surface area (Å²) in [6.07, 6.45) is 0. The second kappa shape index (κ2) is 3.11. The van der Waals surface area contributed by atoms with Crippen molar-refractivity contribution in [1.82, 2.24) is 0 Å². The smallest absolute Gasteiger partial charge is 0.106 e. The van der Waals surface area contributed by atoms with Crippen LogP contribution in [-0.2, 0) is 6.54 Å². The molecule has 0 atom stereocenters. The minimum atomic E-state index is 0.279. The summed E-state index contributed by atoms with van der Waals surface area (Å²) >= 11 is 0. The lowest BCUT2D eigenvalue weighted by Crippen LogP contribution is -1.80. The highest BCUT2D eigenvalue weighted by atomic mass is 16.3. The van der Waals surface area contributed by atoms with Crippen LogP contribution in [0.2, 0.25) is 0 Å². The quantitative estimate of drug-likeness (QED) is 0.572. The van der Waals surface area contributed by atoms with Gasteiger partial charge in [-0.15, -0.1) is 0 Å². The van der Waals surface area contributed by atoms with Gasteiger partial charge < -0.3 is 0 Å². The first-order valence-electron chi connectivity index (χ1n) is 3.17. The highest BCUT2D eigenvalue weighted by molar-refractivity contribution is 5.21. The van der Waals surface area contributed by atoms with E-state index in [2.05, 4.69) is 5.18 Å². The summed E-state index contributed by atoms with van der Waals surface area (Å²) in [6, 6.07) is 7.78. The standard InChI is InChI=1S/C8H9NO/c1-7-3-2-4-8(5-7)6-9-10/h2-5H,6H2,1H3. The fraction of sp³-hybridized carbons (Fsp3) is 0.250. The Labute approximate surface area is 59.9 Å². The van der Waals surface area contributed by atoms with Crippen LogP contribution in [0.3, 0.4) is 0 Å². The molecule has 1 aromatic rings. The van der Waals surface area contributed by atoms with E-state index in [1.54, 1.807) is 0 Å². The maximum Gasteiger partial charge on any atom is 0.106 e. The van der Waals surface area contributed by atoms with Crippen molar-refractivity contribution in [2.75, 3.05) is 0 Å². The highest BCUT2D eigenvalue weighted by Crippen LogP contribution is 2.04. The fourth-order valence-corrected chi connectivity index (χ4v) is 0.885. The Bertz CT molecular complexity index is 232. The normalized spacial score (nSPS) is 9.30. The van der Waals surface area contributed by atoms with Gasteiger partial charge in [-0.25, -0.2) is 0 Å². The summed E-state index contributed by atoms with van der Waals surface area (Å²) < 4.78 is 0. The van der Waals surface area contributed by atoms with Crippen molar-refractivity contribution in [3.05, 3.63) is 40.3 Å². The van der Waals surface area contributed by atoms with Gasteiger partial charge in [0.25, 0.3) is 0 Å². The average Bonchev–Trinajstić information content (AvgIpc) is 1.88. The number of nitrogens with zero attached hydrogens (tertiary/aromatic N) is 1. The zero-order valence-electron chi connectivity index (χ0n) is 5.87. The van der Waals surface area contributed by atoms with E-state index in [0.29, 0.717) is 0 Å². The Kier molecular flexibility index (Phi) is 2.15. The van der Waals surface area contributed by atoms with Crippen molar-refractivity contribution in [1.29, 1.82) is 0 Å². The molecule has 0 amide bonds. The molecule has 0 aliphatic heterocycles. The van der Waals surface area contributed by atoms with Crippen LogP contribution in [0, 0.1) is 11.8 Å². The zero-order chi connectivity index (χ0) is 7.40. The van der Waals surface area contributed by atoms with Crippen LogP contribution in [0.4, 0.5) is 0 Å². The number of aryl methyl sites for hydroxylation is 1. The van der Waals surface area contributed by atoms with E-state index in [-0.39, 0.29) is 6.54 Å². The van der Waals surface area contributed by atoms with Crippen LogP contribution in [-0.4, -0.2) is 0 Å².